The summed E-state index contributed by atoms with van der Waals surface area (Å²) in [6.45, 7) is 1.87. The van der Waals surface area contributed by atoms with Gasteiger partial charge in [-0.15, -0.1) is 0 Å². The van der Waals surface area contributed by atoms with Crippen molar-refractivity contribution >= 4 is 11.6 Å². The Morgan fingerprint density at radius 2 is 1.88 bits per heavy atom. The van der Waals surface area contributed by atoms with E-state index in [0.29, 0.717) is 11.6 Å². The number of carbonyl (C=O) groups is 1. The molecule has 122 valence electrons. The van der Waals surface area contributed by atoms with Crippen LogP contribution in [0.1, 0.15) is 11.4 Å². The number of ether oxygens (including phenoxy) is 1. The zero-order valence-corrected chi connectivity index (χ0v) is 13.4. The topological polar surface area (TPSA) is 81.9 Å². The van der Waals surface area contributed by atoms with Gasteiger partial charge in [-0.25, -0.2) is 15.0 Å². The highest BCUT2D eigenvalue weighted by Gasteiger charge is 2.07. The summed E-state index contributed by atoms with van der Waals surface area (Å²) in [7, 11) is 1.61. The normalized spacial score (nSPS) is 10.4. The molecule has 1 aromatic carbocycles. The van der Waals surface area contributed by atoms with E-state index in [9.17, 15) is 4.79 Å². The molecule has 2 aromatic heterocycles. The standard InChI is InChI=1S/C17H17N5O2/c1-12-18-7-8-22(12)17-19-10-14(11-20-17)21-16(23)9-13-3-5-15(24-2)6-4-13/h3-8,10-11H,9H2,1-2H3,(H,21,23). The number of carbonyl (C=O) groups excluding carboxylic acids is 1. The lowest BCUT2D eigenvalue weighted by molar-refractivity contribution is -0.115. The minimum atomic E-state index is -0.129. The summed E-state index contributed by atoms with van der Waals surface area (Å²) in [5.74, 6) is 1.94. The van der Waals surface area contributed by atoms with Gasteiger partial charge in [0.25, 0.3) is 0 Å². The van der Waals surface area contributed by atoms with Gasteiger partial charge in [-0.3, -0.25) is 9.36 Å². The molecule has 0 aliphatic rings. The molecule has 0 unspecified atom stereocenters. The molecule has 7 nitrogen and oxygen atoms in total. The van der Waals surface area contributed by atoms with Crippen molar-refractivity contribution in [3.8, 4) is 11.7 Å². The number of hydrogen-bond donors (Lipinski definition) is 1. The van der Waals surface area contributed by atoms with Gasteiger partial charge in [0.15, 0.2) is 0 Å². The Kier molecular flexibility index (Phi) is 4.51. The molecule has 2 heterocycles. The van der Waals surface area contributed by atoms with Crippen LogP contribution in [0.2, 0.25) is 0 Å². The molecule has 0 fully saturated rings. The largest absolute Gasteiger partial charge is 0.497 e. The van der Waals surface area contributed by atoms with Crippen LogP contribution in [0.3, 0.4) is 0 Å². The van der Waals surface area contributed by atoms with Crippen LogP contribution in [0.5, 0.6) is 5.75 Å². The summed E-state index contributed by atoms with van der Waals surface area (Å²) in [5, 5.41) is 2.79. The lowest BCUT2D eigenvalue weighted by atomic mass is 10.1. The summed E-state index contributed by atoms with van der Waals surface area (Å²) < 4.78 is 6.86. The van der Waals surface area contributed by atoms with Crippen LogP contribution in [0.15, 0.2) is 49.1 Å². The highest BCUT2D eigenvalue weighted by atomic mass is 16.5. The summed E-state index contributed by atoms with van der Waals surface area (Å²) in [4.78, 5) is 24.7. The smallest absolute Gasteiger partial charge is 0.235 e. The highest BCUT2D eigenvalue weighted by Crippen LogP contribution is 2.13. The van der Waals surface area contributed by atoms with E-state index in [1.807, 2.05) is 31.2 Å². The van der Waals surface area contributed by atoms with Gasteiger partial charge in [0.1, 0.15) is 11.6 Å². The van der Waals surface area contributed by atoms with Crippen molar-refractivity contribution in [2.75, 3.05) is 12.4 Å². The van der Waals surface area contributed by atoms with Gasteiger partial charge in [0.05, 0.1) is 31.6 Å². The number of nitrogens with zero attached hydrogens (tertiary/aromatic N) is 4. The predicted octanol–water partition coefficient (Wildman–Crippen LogP) is 2.16. The molecule has 0 spiro atoms. The SMILES string of the molecule is COc1ccc(CC(=O)Nc2cnc(-n3ccnc3C)nc2)cc1. The fourth-order valence-corrected chi connectivity index (χ4v) is 2.23. The van der Waals surface area contributed by atoms with Crippen molar-refractivity contribution in [3.63, 3.8) is 0 Å². The Balaban J connectivity index is 1.63. The number of hydrogen-bond acceptors (Lipinski definition) is 5. The van der Waals surface area contributed by atoms with Crippen molar-refractivity contribution in [1.29, 1.82) is 0 Å². The number of aromatic nitrogens is 4. The van der Waals surface area contributed by atoms with Crippen LogP contribution in [0.25, 0.3) is 5.95 Å². The highest BCUT2D eigenvalue weighted by molar-refractivity contribution is 5.91. The molecule has 24 heavy (non-hydrogen) atoms. The lowest BCUT2D eigenvalue weighted by Crippen LogP contribution is -2.15. The van der Waals surface area contributed by atoms with Crippen molar-refractivity contribution in [3.05, 3.63) is 60.4 Å². The van der Waals surface area contributed by atoms with E-state index in [1.165, 1.54) is 0 Å². The summed E-state index contributed by atoms with van der Waals surface area (Å²) in [6.07, 6.45) is 6.89. The van der Waals surface area contributed by atoms with E-state index in [4.69, 9.17) is 4.74 Å². The second kappa shape index (κ2) is 6.91. The summed E-state index contributed by atoms with van der Waals surface area (Å²) >= 11 is 0. The van der Waals surface area contributed by atoms with Crippen molar-refractivity contribution in [2.45, 2.75) is 13.3 Å². The first-order chi connectivity index (χ1) is 11.7. The molecule has 0 saturated carbocycles. The Bertz CT molecular complexity index is 825. The molecule has 0 saturated heterocycles. The average molecular weight is 323 g/mol. The zero-order valence-electron chi connectivity index (χ0n) is 13.4. The monoisotopic (exact) mass is 323 g/mol. The lowest BCUT2D eigenvalue weighted by Gasteiger charge is -2.07. The number of benzene rings is 1. The first kappa shape index (κ1) is 15.7. The number of aryl methyl sites for hydroxylation is 1. The van der Waals surface area contributed by atoms with Crippen LogP contribution in [-0.2, 0) is 11.2 Å². The molecule has 0 radical (unpaired) electrons. The first-order valence-electron chi connectivity index (χ1n) is 7.41. The van der Waals surface area contributed by atoms with Crippen LogP contribution in [-0.4, -0.2) is 32.5 Å². The molecule has 1 N–H and O–H groups in total. The van der Waals surface area contributed by atoms with Crippen LogP contribution in [0.4, 0.5) is 5.69 Å². The third kappa shape index (κ3) is 3.57. The molecule has 0 aliphatic carbocycles. The number of nitrogens with one attached hydrogen (secondary N) is 1. The second-order valence-corrected chi connectivity index (χ2v) is 5.19. The number of imidazole rings is 1. The molecular weight excluding hydrogens is 306 g/mol. The van der Waals surface area contributed by atoms with Gasteiger partial charge in [0.2, 0.25) is 11.9 Å². The quantitative estimate of drug-likeness (QED) is 0.778. The minimum Gasteiger partial charge on any atom is -0.497 e. The minimum absolute atomic E-state index is 0.129. The van der Waals surface area contributed by atoms with E-state index < -0.39 is 0 Å². The van der Waals surface area contributed by atoms with Crippen molar-refractivity contribution in [2.24, 2.45) is 0 Å². The van der Waals surface area contributed by atoms with Crippen LogP contribution in [0, 0.1) is 6.92 Å². The molecule has 1 amide bonds. The second-order valence-electron chi connectivity index (χ2n) is 5.19. The molecule has 0 atom stereocenters. The molecule has 3 aromatic rings. The fourth-order valence-electron chi connectivity index (χ4n) is 2.23. The van der Waals surface area contributed by atoms with Gasteiger partial charge < -0.3 is 10.1 Å². The predicted molar refractivity (Wildman–Crippen MR) is 89.2 cm³/mol. The van der Waals surface area contributed by atoms with Gasteiger partial charge in [-0.1, -0.05) is 12.1 Å². The zero-order chi connectivity index (χ0) is 16.9. The fraction of sp³-hybridized carbons (Fsp3) is 0.176. The average Bonchev–Trinajstić information content (AvgIpc) is 3.02. The third-order valence-corrected chi connectivity index (χ3v) is 3.49. The van der Waals surface area contributed by atoms with E-state index >= 15 is 0 Å². The van der Waals surface area contributed by atoms with Gasteiger partial charge >= 0.3 is 0 Å². The van der Waals surface area contributed by atoms with Gasteiger partial charge in [0, 0.05) is 12.4 Å². The van der Waals surface area contributed by atoms with E-state index in [-0.39, 0.29) is 12.3 Å². The summed E-state index contributed by atoms with van der Waals surface area (Å²) in [6, 6.07) is 7.38. The molecule has 0 aliphatic heterocycles. The van der Waals surface area contributed by atoms with Crippen LogP contribution < -0.4 is 10.1 Å². The van der Waals surface area contributed by atoms with Crippen LogP contribution >= 0.6 is 0 Å². The Hall–Kier alpha value is -3.22. The third-order valence-electron chi connectivity index (χ3n) is 3.49. The summed E-state index contributed by atoms with van der Waals surface area (Å²) in [5.41, 5.74) is 1.45. The van der Waals surface area contributed by atoms with E-state index in [2.05, 4.69) is 20.3 Å². The maximum atomic E-state index is 12.1. The number of rotatable bonds is 5. The first-order valence-corrected chi connectivity index (χ1v) is 7.41. The number of anilines is 1. The van der Waals surface area contributed by atoms with Gasteiger partial charge in [-0.05, 0) is 24.6 Å². The Morgan fingerprint density at radius 1 is 1.17 bits per heavy atom. The maximum absolute atomic E-state index is 12.1. The maximum Gasteiger partial charge on any atom is 0.235 e. The Labute approximate surface area is 139 Å². The molecule has 0 bridgehead atoms. The number of amides is 1. The Morgan fingerprint density at radius 3 is 2.46 bits per heavy atom. The molecule has 3 rings (SSSR count). The van der Waals surface area contributed by atoms with Crippen molar-refractivity contribution in [1.82, 2.24) is 19.5 Å². The molecular formula is C17H17N5O2. The number of methoxy groups -OCH3 is 1. The van der Waals surface area contributed by atoms with Gasteiger partial charge in [-0.2, -0.15) is 0 Å². The molecule has 7 heteroatoms. The van der Waals surface area contributed by atoms with Crippen molar-refractivity contribution < 1.29 is 9.53 Å². The van der Waals surface area contributed by atoms with E-state index in [0.717, 1.165) is 17.1 Å². The van der Waals surface area contributed by atoms with E-state index in [1.54, 1.807) is 36.5 Å².